The molecule has 2 aromatic carbocycles. The van der Waals surface area contributed by atoms with Gasteiger partial charge in [-0.15, -0.1) is 0 Å². The summed E-state index contributed by atoms with van der Waals surface area (Å²) in [6, 6.07) is 13.9. The molecule has 0 spiro atoms. The zero-order valence-electron chi connectivity index (χ0n) is 15.5. The summed E-state index contributed by atoms with van der Waals surface area (Å²) in [7, 11) is 1.64. The van der Waals surface area contributed by atoms with E-state index in [1.807, 2.05) is 49.4 Å². The van der Waals surface area contributed by atoms with Gasteiger partial charge in [0, 0.05) is 7.05 Å². The molecule has 3 heterocycles. The molecule has 0 bridgehead atoms. The fourth-order valence-corrected chi connectivity index (χ4v) is 3.76. The fraction of sp³-hybridized carbons (Fsp3) is 0.200. The number of nitrogens with zero attached hydrogens (tertiary/aromatic N) is 5. The topological polar surface area (TPSA) is 86.2 Å². The van der Waals surface area contributed by atoms with E-state index in [1.54, 1.807) is 11.6 Å². The van der Waals surface area contributed by atoms with Crippen LogP contribution in [0.1, 0.15) is 12.5 Å². The van der Waals surface area contributed by atoms with Crippen molar-refractivity contribution in [3.8, 4) is 0 Å². The molecule has 0 radical (unpaired) electrons. The molecule has 1 aliphatic rings. The lowest BCUT2D eigenvalue weighted by molar-refractivity contribution is 0.656. The van der Waals surface area contributed by atoms with Gasteiger partial charge in [-0.1, -0.05) is 42.5 Å². The highest BCUT2D eigenvalue weighted by molar-refractivity contribution is 5.87. The number of hydrazone groups is 1. The van der Waals surface area contributed by atoms with Gasteiger partial charge in [0.1, 0.15) is 0 Å². The number of hydrogen-bond acceptors (Lipinski definition) is 5. The third-order valence-corrected chi connectivity index (χ3v) is 5.17. The van der Waals surface area contributed by atoms with Crippen LogP contribution >= 0.6 is 0 Å². The van der Waals surface area contributed by atoms with Crippen LogP contribution in [0.3, 0.4) is 0 Å². The van der Waals surface area contributed by atoms with Crippen LogP contribution in [-0.4, -0.2) is 24.4 Å². The molecule has 8 nitrogen and oxygen atoms in total. The number of fused-ring (bicyclic) bond motifs is 4. The molecule has 140 valence electrons. The summed E-state index contributed by atoms with van der Waals surface area (Å²) in [5, 5.41) is 6.26. The van der Waals surface area contributed by atoms with Crippen molar-refractivity contribution in [3.05, 3.63) is 68.9 Å². The lowest BCUT2D eigenvalue weighted by Gasteiger charge is -2.14. The zero-order valence-corrected chi connectivity index (χ0v) is 15.5. The van der Waals surface area contributed by atoms with Gasteiger partial charge in [0.05, 0.1) is 18.8 Å². The Labute approximate surface area is 159 Å². The Hall–Kier alpha value is -3.68. The van der Waals surface area contributed by atoms with Crippen LogP contribution in [0.2, 0.25) is 0 Å². The smallest absolute Gasteiger partial charge is 0.297 e. The monoisotopic (exact) mass is 374 g/mol. The van der Waals surface area contributed by atoms with Crippen molar-refractivity contribution < 1.29 is 0 Å². The van der Waals surface area contributed by atoms with Gasteiger partial charge >= 0.3 is 5.69 Å². The first kappa shape index (κ1) is 16.5. The first-order valence-corrected chi connectivity index (χ1v) is 9.00. The molecular weight excluding hydrogens is 356 g/mol. The quantitative estimate of drug-likeness (QED) is 0.581. The lowest BCUT2D eigenvalue weighted by atomic mass is 10.0. The first-order chi connectivity index (χ1) is 13.5. The summed E-state index contributed by atoms with van der Waals surface area (Å²) in [4.78, 5) is 30.7. The van der Waals surface area contributed by atoms with E-state index in [0.717, 1.165) is 22.0 Å². The van der Waals surface area contributed by atoms with E-state index < -0.39 is 5.69 Å². The molecule has 1 aliphatic heterocycles. The van der Waals surface area contributed by atoms with Gasteiger partial charge in [-0.3, -0.25) is 18.5 Å². The zero-order chi connectivity index (χ0) is 19.4. The van der Waals surface area contributed by atoms with Gasteiger partial charge in [-0.05, 0) is 23.3 Å². The third-order valence-electron chi connectivity index (χ3n) is 5.17. The number of anilines is 1. The van der Waals surface area contributed by atoms with Gasteiger partial charge < -0.3 is 0 Å². The SMILES string of the molecule is CC1=NNc2nc3c(c(=O)n(Cc4cccc5ccccc45)c(=O)n3C)n2C1. The molecule has 0 saturated heterocycles. The van der Waals surface area contributed by atoms with Gasteiger partial charge in [0.15, 0.2) is 11.2 Å². The highest BCUT2D eigenvalue weighted by atomic mass is 16.2. The van der Waals surface area contributed by atoms with Crippen molar-refractivity contribution in [3.63, 3.8) is 0 Å². The van der Waals surface area contributed by atoms with E-state index in [-0.39, 0.29) is 12.1 Å². The summed E-state index contributed by atoms with van der Waals surface area (Å²) in [5.74, 6) is 0.468. The molecule has 5 rings (SSSR count). The first-order valence-electron chi connectivity index (χ1n) is 9.00. The highest BCUT2D eigenvalue weighted by Gasteiger charge is 2.22. The van der Waals surface area contributed by atoms with E-state index in [0.29, 0.717) is 23.7 Å². The van der Waals surface area contributed by atoms with Crippen LogP contribution in [0, 0.1) is 0 Å². The normalized spacial score (nSPS) is 13.4. The highest BCUT2D eigenvalue weighted by Crippen LogP contribution is 2.20. The van der Waals surface area contributed by atoms with Gasteiger partial charge in [0.2, 0.25) is 5.95 Å². The second-order valence-electron chi connectivity index (χ2n) is 7.02. The van der Waals surface area contributed by atoms with Crippen LogP contribution in [0.5, 0.6) is 0 Å². The molecule has 0 saturated carbocycles. The number of hydrogen-bond donors (Lipinski definition) is 1. The summed E-state index contributed by atoms with van der Waals surface area (Å²) < 4.78 is 4.48. The maximum absolute atomic E-state index is 13.3. The maximum atomic E-state index is 13.3. The molecule has 1 N–H and O–H groups in total. The predicted molar refractivity (Wildman–Crippen MR) is 109 cm³/mol. The van der Waals surface area contributed by atoms with E-state index in [1.165, 1.54) is 9.13 Å². The largest absolute Gasteiger partial charge is 0.332 e. The van der Waals surface area contributed by atoms with Crippen LogP contribution in [0.15, 0.2) is 57.2 Å². The Bertz CT molecular complexity index is 1400. The van der Waals surface area contributed by atoms with Crippen LogP contribution < -0.4 is 16.7 Å². The van der Waals surface area contributed by atoms with E-state index in [9.17, 15) is 9.59 Å². The number of rotatable bonds is 2. The van der Waals surface area contributed by atoms with Crippen LogP contribution in [0.4, 0.5) is 5.95 Å². The van der Waals surface area contributed by atoms with E-state index in [2.05, 4.69) is 15.5 Å². The minimum Gasteiger partial charge on any atom is -0.297 e. The minimum atomic E-state index is -0.390. The molecule has 0 atom stereocenters. The Morgan fingerprint density at radius 1 is 1.11 bits per heavy atom. The fourth-order valence-electron chi connectivity index (χ4n) is 3.76. The average Bonchev–Trinajstić information content (AvgIpc) is 3.08. The molecule has 0 aliphatic carbocycles. The van der Waals surface area contributed by atoms with Crippen molar-refractivity contribution in [1.82, 2.24) is 18.7 Å². The maximum Gasteiger partial charge on any atom is 0.332 e. The standard InChI is InChI=1S/C20H18N6O2/c1-12-10-25-16-17(21-19(25)23-22-12)24(2)20(28)26(18(16)27)11-14-8-5-7-13-6-3-4-9-15(13)14/h3-9H,10-11H2,1-2H3,(H,21,23). The molecule has 4 aromatic rings. The summed E-state index contributed by atoms with van der Waals surface area (Å²) >= 11 is 0. The van der Waals surface area contributed by atoms with Gasteiger partial charge in [-0.2, -0.15) is 10.1 Å². The lowest BCUT2D eigenvalue weighted by Crippen LogP contribution is -2.40. The molecule has 8 heteroatoms. The van der Waals surface area contributed by atoms with Crippen molar-refractivity contribution in [2.75, 3.05) is 5.43 Å². The van der Waals surface area contributed by atoms with Gasteiger partial charge in [-0.25, -0.2) is 10.2 Å². The number of benzene rings is 2. The average molecular weight is 374 g/mol. The Kier molecular flexibility index (Phi) is 3.48. The van der Waals surface area contributed by atoms with Crippen molar-refractivity contribution in [1.29, 1.82) is 0 Å². The molecule has 0 amide bonds. The number of nitrogens with one attached hydrogen (secondary N) is 1. The molecular formula is C20H18N6O2. The van der Waals surface area contributed by atoms with Crippen molar-refractivity contribution in [2.24, 2.45) is 12.1 Å². The van der Waals surface area contributed by atoms with Crippen LogP contribution in [-0.2, 0) is 20.1 Å². The molecule has 2 aromatic heterocycles. The van der Waals surface area contributed by atoms with E-state index in [4.69, 9.17) is 0 Å². The number of imidazole rings is 1. The second-order valence-corrected chi connectivity index (χ2v) is 7.02. The van der Waals surface area contributed by atoms with Crippen LogP contribution in [0.25, 0.3) is 21.9 Å². The van der Waals surface area contributed by atoms with Crippen molar-refractivity contribution >= 4 is 33.6 Å². The molecule has 0 unspecified atom stereocenters. The Morgan fingerprint density at radius 3 is 2.75 bits per heavy atom. The predicted octanol–water partition coefficient (Wildman–Crippen LogP) is 1.90. The Balaban J connectivity index is 1.75. The Morgan fingerprint density at radius 2 is 1.89 bits per heavy atom. The summed E-state index contributed by atoms with van der Waals surface area (Å²) in [6.45, 7) is 2.53. The van der Waals surface area contributed by atoms with Crippen molar-refractivity contribution in [2.45, 2.75) is 20.0 Å². The molecule has 28 heavy (non-hydrogen) atoms. The summed E-state index contributed by atoms with van der Waals surface area (Å²) in [6.07, 6.45) is 0. The third kappa shape index (κ3) is 2.31. The minimum absolute atomic E-state index is 0.198. The number of aryl methyl sites for hydroxylation is 1. The number of aromatic nitrogens is 4. The van der Waals surface area contributed by atoms with Gasteiger partial charge in [0.25, 0.3) is 5.56 Å². The van der Waals surface area contributed by atoms with E-state index >= 15 is 0 Å². The molecule has 0 fully saturated rings. The second kappa shape index (κ2) is 5.91. The summed E-state index contributed by atoms with van der Waals surface area (Å²) in [5.41, 5.74) is 4.63.